The van der Waals surface area contributed by atoms with Crippen molar-refractivity contribution in [3.8, 4) is 17.2 Å². The minimum atomic E-state index is -0.0642. The molecule has 0 saturated carbocycles. The lowest BCUT2D eigenvalue weighted by Gasteiger charge is -2.11. The molecular weight excluding hydrogens is 468 g/mol. The van der Waals surface area contributed by atoms with Gasteiger partial charge in [-0.3, -0.25) is 4.79 Å². The van der Waals surface area contributed by atoms with E-state index in [4.69, 9.17) is 9.47 Å². The molecule has 0 saturated heterocycles. The van der Waals surface area contributed by atoms with E-state index in [2.05, 4.69) is 20.9 Å². The molecule has 5 nitrogen and oxygen atoms in total. The van der Waals surface area contributed by atoms with Crippen molar-refractivity contribution >= 4 is 27.8 Å². The maximum atomic E-state index is 12.6. The fourth-order valence-electron chi connectivity index (χ4n) is 3.18. The Balaban J connectivity index is 1.45. The Hall–Kier alpha value is -3.64. The predicted molar refractivity (Wildman–Crippen MR) is 128 cm³/mol. The number of nitrogens with zero attached hydrogens (tertiary/aromatic N) is 2. The van der Waals surface area contributed by atoms with Crippen molar-refractivity contribution in [2.24, 2.45) is 0 Å². The second-order valence-electron chi connectivity index (χ2n) is 7.03. The zero-order valence-electron chi connectivity index (χ0n) is 17.4. The van der Waals surface area contributed by atoms with Crippen LogP contribution >= 0.6 is 15.9 Å². The highest BCUT2D eigenvalue weighted by molar-refractivity contribution is 9.10. The fraction of sp³-hybridized carbons (Fsp3) is 0.0769. The van der Waals surface area contributed by atoms with Crippen LogP contribution in [0.2, 0.25) is 0 Å². The highest BCUT2D eigenvalue weighted by atomic mass is 79.9. The van der Waals surface area contributed by atoms with Crippen molar-refractivity contribution in [1.82, 2.24) is 9.55 Å². The number of rotatable bonds is 8. The zero-order valence-corrected chi connectivity index (χ0v) is 19.0. The molecule has 0 bridgehead atoms. The molecule has 0 N–H and O–H groups in total. The van der Waals surface area contributed by atoms with Crippen LogP contribution in [0.15, 0.2) is 96.0 Å². The molecule has 0 spiro atoms. The maximum Gasteiger partial charge on any atom is 0.185 e. The highest BCUT2D eigenvalue weighted by Crippen LogP contribution is 2.24. The summed E-state index contributed by atoms with van der Waals surface area (Å²) >= 11 is 3.42. The third-order valence-electron chi connectivity index (χ3n) is 4.89. The fourth-order valence-corrected chi connectivity index (χ4v) is 3.45. The molecule has 1 heterocycles. The third kappa shape index (κ3) is 5.34. The molecule has 0 atom stereocenters. The van der Waals surface area contributed by atoms with Gasteiger partial charge < -0.3 is 14.0 Å². The van der Waals surface area contributed by atoms with Crippen molar-refractivity contribution in [3.05, 3.63) is 113 Å². The van der Waals surface area contributed by atoms with Crippen LogP contribution in [-0.2, 0) is 6.61 Å². The number of hydrogen-bond acceptors (Lipinski definition) is 4. The largest absolute Gasteiger partial charge is 0.496 e. The first-order valence-corrected chi connectivity index (χ1v) is 10.8. The Labute approximate surface area is 195 Å². The molecule has 160 valence electrons. The number of carbonyl (C=O) groups excluding carboxylic acids is 1. The lowest BCUT2D eigenvalue weighted by Crippen LogP contribution is -1.99. The Morgan fingerprint density at radius 3 is 2.53 bits per heavy atom. The molecule has 32 heavy (non-hydrogen) atoms. The summed E-state index contributed by atoms with van der Waals surface area (Å²) in [7, 11) is 1.63. The van der Waals surface area contributed by atoms with Crippen molar-refractivity contribution in [2.75, 3.05) is 7.11 Å². The third-order valence-corrected chi connectivity index (χ3v) is 5.42. The average Bonchev–Trinajstić information content (AvgIpc) is 3.37. The van der Waals surface area contributed by atoms with E-state index in [0.29, 0.717) is 12.2 Å². The number of allylic oxidation sites excluding steroid dienone is 1. The minimum Gasteiger partial charge on any atom is -0.496 e. The number of halogens is 1. The summed E-state index contributed by atoms with van der Waals surface area (Å²) in [4.78, 5) is 16.6. The molecule has 0 aliphatic rings. The van der Waals surface area contributed by atoms with Gasteiger partial charge in [0, 0.05) is 33.7 Å². The molecule has 1 aromatic heterocycles. The summed E-state index contributed by atoms with van der Waals surface area (Å²) < 4.78 is 14.2. The summed E-state index contributed by atoms with van der Waals surface area (Å²) in [6.07, 6.45) is 8.67. The Bertz CT molecular complexity index is 1220. The first-order valence-electron chi connectivity index (χ1n) is 9.98. The van der Waals surface area contributed by atoms with Gasteiger partial charge in [0.25, 0.3) is 0 Å². The van der Waals surface area contributed by atoms with Crippen LogP contribution in [-0.4, -0.2) is 22.4 Å². The van der Waals surface area contributed by atoms with E-state index in [0.717, 1.165) is 32.8 Å². The number of aromatic nitrogens is 2. The van der Waals surface area contributed by atoms with Crippen LogP contribution < -0.4 is 9.47 Å². The van der Waals surface area contributed by atoms with Gasteiger partial charge in [0.1, 0.15) is 18.1 Å². The van der Waals surface area contributed by atoms with Gasteiger partial charge in [0.15, 0.2) is 5.78 Å². The number of carbonyl (C=O) groups is 1. The number of ketones is 1. The lowest BCUT2D eigenvalue weighted by molar-refractivity contribution is 0.104. The topological polar surface area (TPSA) is 53.4 Å². The minimum absolute atomic E-state index is 0.0642. The summed E-state index contributed by atoms with van der Waals surface area (Å²) in [5, 5.41) is 0. The van der Waals surface area contributed by atoms with E-state index in [1.54, 1.807) is 31.8 Å². The average molecular weight is 489 g/mol. The number of hydrogen-bond donors (Lipinski definition) is 0. The van der Waals surface area contributed by atoms with Crippen LogP contribution in [0.25, 0.3) is 11.8 Å². The monoisotopic (exact) mass is 488 g/mol. The van der Waals surface area contributed by atoms with Crippen LogP contribution in [0.5, 0.6) is 11.5 Å². The maximum absolute atomic E-state index is 12.6. The van der Waals surface area contributed by atoms with Crippen molar-refractivity contribution in [3.63, 3.8) is 0 Å². The summed E-state index contributed by atoms with van der Waals surface area (Å²) in [5.74, 6) is 1.44. The molecule has 0 unspecified atom stereocenters. The second-order valence-corrected chi connectivity index (χ2v) is 7.94. The number of methoxy groups -OCH3 is 1. The van der Waals surface area contributed by atoms with Gasteiger partial charge in [-0.2, -0.15) is 0 Å². The lowest BCUT2D eigenvalue weighted by atomic mass is 10.1. The number of benzene rings is 3. The normalized spacial score (nSPS) is 10.9. The molecule has 4 aromatic rings. The van der Waals surface area contributed by atoms with E-state index >= 15 is 0 Å². The van der Waals surface area contributed by atoms with Crippen LogP contribution in [0.3, 0.4) is 0 Å². The van der Waals surface area contributed by atoms with Gasteiger partial charge in [-0.15, -0.1) is 0 Å². The quantitative estimate of drug-likeness (QED) is 0.221. The van der Waals surface area contributed by atoms with Crippen LogP contribution in [0.1, 0.15) is 21.5 Å². The summed E-state index contributed by atoms with van der Waals surface area (Å²) in [6.45, 7) is 0.357. The van der Waals surface area contributed by atoms with E-state index in [1.165, 1.54) is 0 Å². The van der Waals surface area contributed by atoms with Crippen molar-refractivity contribution in [2.45, 2.75) is 6.61 Å². The first kappa shape index (κ1) is 21.6. The van der Waals surface area contributed by atoms with Gasteiger partial charge in [0.2, 0.25) is 0 Å². The smallest absolute Gasteiger partial charge is 0.185 e. The molecule has 0 radical (unpaired) electrons. The zero-order chi connectivity index (χ0) is 22.3. The second kappa shape index (κ2) is 10.1. The SMILES string of the molecule is COc1ccc(/C=C/C(=O)c2ccc(-n3ccnc3)cc2)cc1COc1ccc(Br)cc1. The molecule has 3 aromatic carbocycles. The highest BCUT2D eigenvalue weighted by Gasteiger charge is 2.07. The molecule has 0 fully saturated rings. The Morgan fingerprint density at radius 1 is 1.06 bits per heavy atom. The van der Waals surface area contributed by atoms with Crippen LogP contribution in [0, 0.1) is 0 Å². The van der Waals surface area contributed by atoms with Crippen LogP contribution in [0.4, 0.5) is 0 Å². The number of ether oxygens (including phenoxy) is 2. The van der Waals surface area contributed by atoms with Crippen molar-refractivity contribution < 1.29 is 14.3 Å². The van der Waals surface area contributed by atoms with E-state index in [9.17, 15) is 4.79 Å². The summed E-state index contributed by atoms with van der Waals surface area (Å²) in [6, 6.07) is 20.8. The van der Waals surface area contributed by atoms with Gasteiger partial charge in [-0.25, -0.2) is 4.98 Å². The molecule has 0 aliphatic carbocycles. The Morgan fingerprint density at radius 2 is 1.84 bits per heavy atom. The first-order chi connectivity index (χ1) is 15.6. The standard InChI is InChI=1S/C26H21BrN2O3/c1-31-26-13-3-19(16-21(26)17-32-24-10-6-22(27)7-11-24)2-12-25(30)20-4-8-23(9-5-20)29-15-14-28-18-29/h2-16,18H,17H2,1H3/b12-2+. The summed E-state index contributed by atoms with van der Waals surface area (Å²) in [5.41, 5.74) is 3.37. The van der Waals surface area contributed by atoms with Gasteiger partial charge in [0.05, 0.1) is 13.4 Å². The van der Waals surface area contributed by atoms with E-state index in [1.807, 2.05) is 77.5 Å². The molecule has 4 rings (SSSR count). The van der Waals surface area contributed by atoms with E-state index < -0.39 is 0 Å². The molecule has 0 amide bonds. The van der Waals surface area contributed by atoms with Gasteiger partial charge >= 0.3 is 0 Å². The van der Waals surface area contributed by atoms with E-state index in [-0.39, 0.29) is 5.78 Å². The predicted octanol–water partition coefficient (Wildman–Crippen LogP) is 6.12. The number of imidazole rings is 1. The molecule has 6 heteroatoms. The molecule has 0 aliphatic heterocycles. The van der Waals surface area contributed by atoms with Gasteiger partial charge in [-0.1, -0.05) is 28.1 Å². The van der Waals surface area contributed by atoms with Crippen molar-refractivity contribution in [1.29, 1.82) is 0 Å². The van der Waals surface area contributed by atoms with Gasteiger partial charge in [-0.05, 0) is 72.3 Å². The molecular formula is C26H21BrN2O3. The Kier molecular flexibility index (Phi) is 6.82.